The summed E-state index contributed by atoms with van der Waals surface area (Å²) in [5, 5.41) is 15.6. The first kappa shape index (κ1) is 26.5. The molecule has 236 valence electrons. The van der Waals surface area contributed by atoms with Gasteiger partial charge in [0.05, 0.1) is 27.9 Å². The summed E-state index contributed by atoms with van der Waals surface area (Å²) in [6.45, 7) is 4.21. The van der Waals surface area contributed by atoms with Gasteiger partial charge in [0.25, 0.3) is 0 Å². The van der Waals surface area contributed by atoms with Gasteiger partial charge >= 0.3 is 6.01 Å². The Morgan fingerprint density at radius 2 is 1.91 bits per heavy atom. The number of halogens is 2. The van der Waals surface area contributed by atoms with Crippen molar-refractivity contribution in [3.63, 3.8) is 0 Å². The molecule has 9 nitrogen and oxygen atoms in total. The number of phenols is 1. The lowest BCUT2D eigenvalue weighted by Gasteiger charge is -2.34. The first-order valence-electron chi connectivity index (χ1n) is 17.0. The van der Waals surface area contributed by atoms with E-state index in [9.17, 15) is 9.50 Å². The van der Waals surface area contributed by atoms with Crippen LogP contribution >= 0.6 is 0 Å². The maximum absolute atomic E-state index is 16.9. The molecule has 0 radical (unpaired) electrons. The Balaban J connectivity index is 1.25. The molecule has 1 saturated carbocycles. The molecule has 0 unspecified atom stereocenters. The zero-order chi connectivity index (χ0) is 32.5. The summed E-state index contributed by atoms with van der Waals surface area (Å²) in [7, 11) is 0. The Kier molecular flexibility index (Phi) is 6.66. The minimum atomic E-state index is -2.11. The van der Waals surface area contributed by atoms with Crippen molar-refractivity contribution in [1.29, 1.82) is 0 Å². The van der Waals surface area contributed by atoms with Gasteiger partial charge in [-0.3, -0.25) is 9.88 Å². The number of anilines is 1. The standard InChI is InChI=1S/C34H38F2N6O3/c1-2-24-27(35)6-3-20-13-23(43)14-25(28(20)24)30-29(36)31-26(15-37-30)32(42-16-21-4-5-22(17-42)38-21)40-33(39-31)45-19-34(7-8-34)18-41-9-11-44-12-10-41/h3,6,13-15,21-22,38,43H,2,4-5,7-12,16-19H2,1H3/t21-,22+/i19D2. The summed E-state index contributed by atoms with van der Waals surface area (Å²) < 4.78 is 61.6. The maximum atomic E-state index is 16.9. The number of nitrogens with one attached hydrogen (secondary N) is 1. The van der Waals surface area contributed by atoms with Crippen molar-refractivity contribution in [2.24, 2.45) is 5.41 Å². The van der Waals surface area contributed by atoms with Gasteiger partial charge in [0.15, 0.2) is 5.82 Å². The van der Waals surface area contributed by atoms with Crippen LogP contribution in [0.3, 0.4) is 0 Å². The Morgan fingerprint density at radius 1 is 1.13 bits per heavy atom. The number of ether oxygens (including phenoxy) is 2. The molecular formula is C34H38F2N6O3. The number of aromatic nitrogens is 3. The van der Waals surface area contributed by atoms with Crippen molar-refractivity contribution < 1.29 is 26.1 Å². The third-order valence-electron chi connectivity index (χ3n) is 9.76. The van der Waals surface area contributed by atoms with Crippen LogP contribution in [-0.2, 0) is 11.2 Å². The second-order valence-electron chi connectivity index (χ2n) is 12.9. The van der Waals surface area contributed by atoms with E-state index in [1.54, 1.807) is 6.07 Å². The molecule has 2 aromatic heterocycles. The number of aromatic hydroxyl groups is 1. The molecular weight excluding hydrogens is 578 g/mol. The van der Waals surface area contributed by atoms with Crippen LogP contribution in [0.2, 0.25) is 0 Å². The van der Waals surface area contributed by atoms with Crippen LogP contribution in [0.15, 0.2) is 30.5 Å². The second-order valence-corrected chi connectivity index (χ2v) is 12.9. The predicted octanol–water partition coefficient (Wildman–Crippen LogP) is 4.82. The first-order chi connectivity index (χ1) is 22.6. The molecule has 11 heteroatoms. The zero-order valence-electron chi connectivity index (χ0n) is 27.3. The van der Waals surface area contributed by atoms with Gasteiger partial charge in [0.1, 0.15) is 28.6 Å². The molecule has 8 rings (SSSR count). The summed E-state index contributed by atoms with van der Waals surface area (Å²) in [5.74, 6) is -0.858. The zero-order valence-corrected chi connectivity index (χ0v) is 25.3. The number of benzene rings is 2. The summed E-state index contributed by atoms with van der Waals surface area (Å²) in [6.07, 6.45) is 5.24. The molecule has 5 heterocycles. The van der Waals surface area contributed by atoms with Gasteiger partial charge in [0.2, 0.25) is 0 Å². The molecule has 2 N–H and O–H groups in total. The van der Waals surface area contributed by atoms with E-state index in [0.29, 0.717) is 79.7 Å². The number of hydrogen-bond donors (Lipinski definition) is 2. The van der Waals surface area contributed by atoms with Crippen molar-refractivity contribution in [3.8, 4) is 23.0 Å². The monoisotopic (exact) mass is 618 g/mol. The van der Waals surface area contributed by atoms with Crippen molar-refractivity contribution in [3.05, 3.63) is 47.7 Å². The van der Waals surface area contributed by atoms with E-state index in [0.717, 1.165) is 25.9 Å². The van der Waals surface area contributed by atoms with Crippen molar-refractivity contribution in [2.75, 3.05) is 57.4 Å². The molecule has 45 heavy (non-hydrogen) atoms. The molecule has 3 aliphatic heterocycles. The van der Waals surface area contributed by atoms with E-state index in [1.807, 2.05) is 6.92 Å². The third-order valence-corrected chi connectivity index (χ3v) is 9.76. The number of phenolic OH excluding ortho intramolecular Hbond substituents is 1. The highest BCUT2D eigenvalue weighted by atomic mass is 19.1. The van der Waals surface area contributed by atoms with Gasteiger partial charge in [0, 0.05) is 62.0 Å². The average molecular weight is 619 g/mol. The molecule has 2 aromatic carbocycles. The Morgan fingerprint density at radius 3 is 2.64 bits per heavy atom. The van der Waals surface area contributed by atoms with Crippen LogP contribution in [0.5, 0.6) is 11.8 Å². The molecule has 0 spiro atoms. The van der Waals surface area contributed by atoms with Crippen molar-refractivity contribution >= 4 is 27.5 Å². The number of pyridine rings is 1. The number of fused-ring (bicyclic) bond motifs is 4. The minimum Gasteiger partial charge on any atom is -0.508 e. The van der Waals surface area contributed by atoms with Crippen molar-refractivity contribution in [1.82, 2.24) is 25.2 Å². The summed E-state index contributed by atoms with van der Waals surface area (Å²) in [4.78, 5) is 18.1. The first-order valence-corrected chi connectivity index (χ1v) is 16.0. The molecule has 1 aliphatic carbocycles. The van der Waals surface area contributed by atoms with Gasteiger partial charge in [-0.1, -0.05) is 13.0 Å². The van der Waals surface area contributed by atoms with Crippen LogP contribution in [0.25, 0.3) is 32.9 Å². The Labute approximate surface area is 263 Å². The van der Waals surface area contributed by atoms with Gasteiger partial charge in [-0.25, -0.2) is 8.78 Å². The van der Waals surface area contributed by atoms with E-state index >= 15 is 4.39 Å². The number of hydrogen-bond acceptors (Lipinski definition) is 9. The number of piperazine rings is 1. The fraction of sp³-hybridized carbons (Fsp3) is 0.500. The van der Waals surface area contributed by atoms with Gasteiger partial charge in [-0.15, -0.1) is 0 Å². The highest BCUT2D eigenvalue weighted by Crippen LogP contribution is 2.47. The normalized spacial score (nSPS) is 23.8. The highest BCUT2D eigenvalue weighted by molar-refractivity contribution is 6.01. The largest absolute Gasteiger partial charge is 0.508 e. The van der Waals surface area contributed by atoms with Crippen LogP contribution in [0.4, 0.5) is 14.6 Å². The van der Waals surface area contributed by atoms with E-state index in [2.05, 4.69) is 25.1 Å². The lowest BCUT2D eigenvalue weighted by atomic mass is 9.94. The third kappa shape index (κ3) is 5.34. The average Bonchev–Trinajstić information content (AvgIpc) is 3.78. The highest BCUT2D eigenvalue weighted by Gasteiger charge is 2.45. The number of rotatable bonds is 8. The quantitative estimate of drug-likeness (QED) is 0.288. The van der Waals surface area contributed by atoms with Crippen LogP contribution in [0.1, 0.15) is 40.9 Å². The molecule has 3 saturated heterocycles. The maximum Gasteiger partial charge on any atom is 0.319 e. The van der Waals surface area contributed by atoms with Crippen molar-refractivity contribution in [2.45, 2.75) is 51.1 Å². The predicted molar refractivity (Wildman–Crippen MR) is 168 cm³/mol. The molecule has 4 fully saturated rings. The summed E-state index contributed by atoms with van der Waals surface area (Å²) >= 11 is 0. The van der Waals surface area contributed by atoms with E-state index in [4.69, 9.17) is 17.2 Å². The number of morpholine rings is 1. The molecule has 2 bridgehead atoms. The number of aryl methyl sites for hydroxylation is 1. The van der Waals surface area contributed by atoms with Gasteiger partial charge < -0.3 is 24.8 Å². The second kappa shape index (κ2) is 11.3. The topological polar surface area (TPSA) is 95.9 Å². The van der Waals surface area contributed by atoms with E-state index in [-0.39, 0.29) is 40.6 Å². The summed E-state index contributed by atoms with van der Waals surface area (Å²) in [5.41, 5.74) is -0.258. The van der Waals surface area contributed by atoms with Crippen LogP contribution < -0.4 is 15.0 Å². The molecule has 0 amide bonds. The lowest BCUT2D eigenvalue weighted by molar-refractivity contribution is 0.0231. The fourth-order valence-corrected chi connectivity index (χ4v) is 7.28. The van der Waals surface area contributed by atoms with Crippen LogP contribution in [0, 0.1) is 17.0 Å². The van der Waals surface area contributed by atoms with Gasteiger partial charge in [-0.05, 0) is 66.6 Å². The summed E-state index contributed by atoms with van der Waals surface area (Å²) in [6, 6.07) is 6.10. The SMILES string of the molecule is [2H]C([2H])(Oc1nc(N2C[C@H]3CC[C@@H](C2)N3)c2cnc(-c3cc(O)cc4ccc(F)c(CC)c34)c(F)c2n1)C1(CN2CCOCC2)CC1. The minimum absolute atomic E-state index is 0.0688. The molecule has 4 aliphatic rings. The van der Waals surface area contributed by atoms with E-state index in [1.165, 1.54) is 24.4 Å². The Bertz CT molecular complexity index is 1860. The number of nitrogens with zero attached hydrogens (tertiary/aromatic N) is 5. The molecule has 2 atom stereocenters. The Hall–Kier alpha value is -3.67. The van der Waals surface area contributed by atoms with Gasteiger partial charge in [-0.2, -0.15) is 9.97 Å². The van der Waals surface area contributed by atoms with Crippen LogP contribution in [-0.4, -0.2) is 89.5 Å². The van der Waals surface area contributed by atoms with E-state index < -0.39 is 23.6 Å². The fourth-order valence-electron chi connectivity index (χ4n) is 7.28. The smallest absolute Gasteiger partial charge is 0.319 e. The molecule has 4 aromatic rings. The lowest BCUT2D eigenvalue weighted by Crippen LogP contribution is -2.51.